The first-order chi connectivity index (χ1) is 17.0. The molecule has 0 aliphatic carbocycles. The van der Waals surface area contributed by atoms with Crippen LogP contribution in [0.1, 0.15) is 31.9 Å². The minimum atomic E-state index is -0.883. The van der Waals surface area contributed by atoms with Gasteiger partial charge >= 0.3 is 12.1 Å². The molecule has 0 radical (unpaired) electrons. The number of anilines is 3. The van der Waals surface area contributed by atoms with Crippen LogP contribution in [-0.4, -0.2) is 34.7 Å². The number of nitrogens with zero attached hydrogens (tertiary/aromatic N) is 5. The molecule has 10 nitrogen and oxygen atoms in total. The van der Waals surface area contributed by atoms with Crippen LogP contribution in [0.4, 0.5) is 27.0 Å². The topological polar surface area (TPSA) is 135 Å². The minimum absolute atomic E-state index is 0.0850. The van der Waals surface area contributed by atoms with Gasteiger partial charge < -0.3 is 15.2 Å². The molecule has 0 aliphatic heterocycles. The van der Waals surface area contributed by atoms with Gasteiger partial charge in [0.25, 0.3) is 0 Å². The van der Waals surface area contributed by atoms with Gasteiger partial charge in [-0.05, 0) is 73.2 Å². The molecule has 0 fully saturated rings. The van der Waals surface area contributed by atoms with Crippen LogP contribution in [0.25, 0.3) is 0 Å². The molecule has 1 aromatic heterocycles. The number of carbonyl (C=O) groups excluding carboxylic acids is 2. The third-order valence-electron chi connectivity index (χ3n) is 4.66. The summed E-state index contributed by atoms with van der Waals surface area (Å²) in [5.74, 6) is -0.388. The normalized spacial score (nSPS) is 10.8. The highest BCUT2D eigenvalue weighted by atomic mass is 127. The molecule has 11 heteroatoms. The predicted octanol–water partition coefficient (Wildman–Crippen LogP) is 5.12. The van der Waals surface area contributed by atoms with Gasteiger partial charge in [-0.25, -0.2) is 19.4 Å². The van der Waals surface area contributed by atoms with Gasteiger partial charge in [-0.2, -0.15) is 15.2 Å². The molecule has 0 saturated carbocycles. The van der Waals surface area contributed by atoms with Crippen molar-refractivity contribution in [3.8, 4) is 11.9 Å². The summed E-state index contributed by atoms with van der Waals surface area (Å²) in [4.78, 5) is 36.1. The van der Waals surface area contributed by atoms with E-state index in [0.717, 1.165) is 18.9 Å². The third-order valence-corrected chi connectivity index (χ3v) is 5.38. The van der Waals surface area contributed by atoms with Crippen LogP contribution < -0.4 is 20.3 Å². The van der Waals surface area contributed by atoms with Crippen molar-refractivity contribution >= 4 is 52.2 Å². The molecule has 0 atom stereocenters. The Morgan fingerprint density at radius 2 is 1.72 bits per heavy atom. The zero-order valence-corrected chi connectivity index (χ0v) is 22.4. The highest BCUT2D eigenvalue weighted by Gasteiger charge is 2.29. The number of aromatic nitrogens is 2. The van der Waals surface area contributed by atoms with Gasteiger partial charge in [-0.15, -0.1) is 0 Å². The summed E-state index contributed by atoms with van der Waals surface area (Å²) >= 11 is 2.13. The molecule has 0 bridgehead atoms. The zero-order chi connectivity index (χ0) is 26.5. The SMILES string of the molecule is CN(C(=O)OC(C)(C)C)c1nc(OCc2ccccc2)c(C#N)c(N(C(N)=O)c2ccc(I)cc2)n1. The van der Waals surface area contributed by atoms with E-state index in [0.29, 0.717) is 5.69 Å². The number of hydrogen-bond acceptors (Lipinski definition) is 7. The van der Waals surface area contributed by atoms with E-state index >= 15 is 0 Å². The van der Waals surface area contributed by atoms with Crippen LogP contribution in [0.5, 0.6) is 5.88 Å². The molecule has 186 valence electrons. The summed E-state index contributed by atoms with van der Waals surface area (Å²) in [5, 5.41) is 10.0. The van der Waals surface area contributed by atoms with Gasteiger partial charge in [0.1, 0.15) is 18.3 Å². The van der Waals surface area contributed by atoms with E-state index in [1.165, 1.54) is 7.05 Å². The lowest BCUT2D eigenvalue weighted by Gasteiger charge is -2.26. The fourth-order valence-electron chi connectivity index (χ4n) is 3.01. The number of urea groups is 1. The van der Waals surface area contributed by atoms with Crippen LogP contribution in [0.15, 0.2) is 54.6 Å². The summed E-state index contributed by atoms with van der Waals surface area (Å²) in [6.07, 6.45) is -0.730. The number of nitriles is 1. The Kier molecular flexibility index (Phi) is 8.31. The van der Waals surface area contributed by atoms with E-state index in [-0.39, 0.29) is 29.8 Å². The fourth-order valence-corrected chi connectivity index (χ4v) is 3.37. The zero-order valence-electron chi connectivity index (χ0n) is 20.2. The molecule has 3 rings (SSSR count). The molecule has 2 aromatic carbocycles. The van der Waals surface area contributed by atoms with Crippen LogP contribution in [0, 0.1) is 14.9 Å². The van der Waals surface area contributed by atoms with Gasteiger partial charge in [0, 0.05) is 10.6 Å². The Bertz CT molecular complexity index is 1290. The quantitative estimate of drug-likeness (QED) is 0.388. The van der Waals surface area contributed by atoms with Gasteiger partial charge in [-0.3, -0.25) is 0 Å². The van der Waals surface area contributed by atoms with Crippen LogP contribution >= 0.6 is 22.6 Å². The second kappa shape index (κ2) is 11.2. The smallest absolute Gasteiger partial charge is 0.416 e. The van der Waals surface area contributed by atoms with Crippen molar-refractivity contribution in [2.24, 2.45) is 5.73 Å². The molecule has 2 N–H and O–H groups in total. The second-order valence-corrected chi connectivity index (χ2v) is 9.85. The molecule has 36 heavy (non-hydrogen) atoms. The summed E-state index contributed by atoms with van der Waals surface area (Å²) in [5.41, 5.74) is 6.03. The number of primary amides is 1. The molecule has 1 heterocycles. The molecular weight excluding hydrogens is 575 g/mol. The molecule has 3 amide bonds. The van der Waals surface area contributed by atoms with Crippen LogP contribution in [-0.2, 0) is 11.3 Å². The highest BCUT2D eigenvalue weighted by Crippen LogP contribution is 2.33. The largest absolute Gasteiger partial charge is 0.472 e. The number of nitrogens with two attached hydrogens (primary N) is 1. The van der Waals surface area contributed by atoms with E-state index < -0.39 is 17.7 Å². The maximum atomic E-state index is 12.7. The predicted molar refractivity (Wildman–Crippen MR) is 143 cm³/mol. The number of rotatable bonds is 6. The highest BCUT2D eigenvalue weighted by molar-refractivity contribution is 14.1. The number of ether oxygens (including phenoxy) is 2. The first-order valence-electron chi connectivity index (χ1n) is 10.8. The van der Waals surface area contributed by atoms with E-state index in [2.05, 4.69) is 32.6 Å². The average molecular weight is 600 g/mol. The summed E-state index contributed by atoms with van der Waals surface area (Å²) in [6, 6.07) is 17.3. The Labute approximate surface area is 222 Å². The lowest BCUT2D eigenvalue weighted by Crippen LogP contribution is -2.36. The minimum Gasteiger partial charge on any atom is -0.472 e. The molecular formula is C25H25IN6O4. The number of carbonyl (C=O) groups is 2. The van der Waals surface area contributed by atoms with Crippen molar-refractivity contribution < 1.29 is 19.1 Å². The lowest BCUT2D eigenvalue weighted by molar-refractivity contribution is 0.0587. The monoisotopic (exact) mass is 600 g/mol. The van der Waals surface area contributed by atoms with E-state index in [1.54, 1.807) is 45.0 Å². The van der Waals surface area contributed by atoms with Gasteiger partial charge in [-0.1, -0.05) is 30.3 Å². The summed E-state index contributed by atoms with van der Waals surface area (Å²) in [6.45, 7) is 5.26. The molecule has 0 unspecified atom stereocenters. The van der Waals surface area contributed by atoms with Gasteiger partial charge in [0.2, 0.25) is 11.8 Å². The second-order valence-electron chi connectivity index (χ2n) is 8.60. The van der Waals surface area contributed by atoms with Crippen molar-refractivity contribution in [2.75, 3.05) is 16.8 Å². The third kappa shape index (κ3) is 6.60. The number of halogens is 1. The van der Waals surface area contributed by atoms with E-state index in [1.807, 2.05) is 36.4 Å². The Balaban J connectivity index is 2.15. The number of amides is 3. The average Bonchev–Trinajstić information content (AvgIpc) is 2.82. The van der Waals surface area contributed by atoms with Crippen molar-refractivity contribution in [3.05, 3.63) is 69.3 Å². The van der Waals surface area contributed by atoms with Crippen LogP contribution in [0.3, 0.4) is 0 Å². The number of hydrogen-bond donors (Lipinski definition) is 1. The van der Waals surface area contributed by atoms with E-state index in [9.17, 15) is 14.9 Å². The Morgan fingerprint density at radius 3 is 2.28 bits per heavy atom. The van der Waals surface area contributed by atoms with Crippen molar-refractivity contribution in [2.45, 2.75) is 33.0 Å². The maximum absolute atomic E-state index is 12.7. The fraction of sp³-hybridized carbons (Fsp3) is 0.240. The van der Waals surface area contributed by atoms with Crippen molar-refractivity contribution in [3.63, 3.8) is 0 Å². The molecule has 3 aromatic rings. The molecule has 0 spiro atoms. The van der Waals surface area contributed by atoms with Crippen LogP contribution in [0.2, 0.25) is 0 Å². The summed E-state index contributed by atoms with van der Waals surface area (Å²) in [7, 11) is 1.42. The molecule has 0 saturated heterocycles. The Hall–Kier alpha value is -3.92. The van der Waals surface area contributed by atoms with Crippen molar-refractivity contribution in [1.29, 1.82) is 5.26 Å². The standard InChI is InChI=1S/C25H25IN6O4/c1-25(2,3)36-24(34)31(4)23-29-20(32(22(28)33)18-12-10-17(26)11-13-18)19(14-27)21(30-23)35-15-16-8-6-5-7-9-16/h5-13H,15H2,1-4H3,(H2,28,33). The van der Waals surface area contributed by atoms with Crippen molar-refractivity contribution in [1.82, 2.24) is 9.97 Å². The Morgan fingerprint density at radius 1 is 1.08 bits per heavy atom. The molecule has 0 aliphatic rings. The van der Waals surface area contributed by atoms with E-state index in [4.69, 9.17) is 15.2 Å². The lowest BCUT2D eigenvalue weighted by atomic mass is 10.2. The first-order valence-corrected chi connectivity index (χ1v) is 11.9. The first kappa shape index (κ1) is 26.7. The maximum Gasteiger partial charge on any atom is 0.416 e. The van der Waals surface area contributed by atoms with Gasteiger partial charge in [0.05, 0.1) is 5.69 Å². The number of benzene rings is 2. The van der Waals surface area contributed by atoms with Gasteiger partial charge in [0.15, 0.2) is 11.4 Å². The summed E-state index contributed by atoms with van der Waals surface area (Å²) < 4.78 is 12.2.